The van der Waals surface area contributed by atoms with Crippen molar-refractivity contribution in [1.29, 1.82) is 0 Å². The Labute approximate surface area is 182 Å². The third-order valence-corrected chi connectivity index (χ3v) is 5.67. The maximum Gasteiger partial charge on any atom is 0.273 e. The van der Waals surface area contributed by atoms with Crippen LogP contribution in [0.5, 0.6) is 11.5 Å². The van der Waals surface area contributed by atoms with Gasteiger partial charge in [0.1, 0.15) is 22.9 Å². The number of aromatic amines is 1. The van der Waals surface area contributed by atoms with Gasteiger partial charge in [0.25, 0.3) is 5.91 Å². The number of hydrogen-bond donors (Lipinski definition) is 2. The molecule has 1 amide bonds. The fourth-order valence-corrected chi connectivity index (χ4v) is 4.35. The van der Waals surface area contributed by atoms with Crippen LogP contribution in [-0.2, 0) is 0 Å². The lowest BCUT2D eigenvalue weighted by molar-refractivity contribution is 0.0743. The van der Waals surface area contributed by atoms with E-state index in [1.54, 1.807) is 0 Å². The molecule has 162 valence electrons. The van der Waals surface area contributed by atoms with Gasteiger partial charge in [-0.3, -0.25) is 9.89 Å². The summed E-state index contributed by atoms with van der Waals surface area (Å²) < 4.78 is 5.85. The lowest BCUT2D eigenvalue weighted by atomic mass is 9.94. The molecular weight excluding hydrogens is 390 g/mol. The van der Waals surface area contributed by atoms with Crippen molar-refractivity contribution in [3.8, 4) is 22.8 Å². The molecule has 0 saturated carbocycles. The van der Waals surface area contributed by atoms with E-state index in [0.717, 1.165) is 40.8 Å². The number of carbonyl (C=O) groups excluding carboxylic acids is 1. The van der Waals surface area contributed by atoms with Gasteiger partial charge in [0.15, 0.2) is 0 Å². The van der Waals surface area contributed by atoms with Gasteiger partial charge in [-0.05, 0) is 61.6 Å². The molecule has 0 fully saturated rings. The molecule has 1 aliphatic rings. The molecule has 1 aliphatic heterocycles. The zero-order valence-electron chi connectivity index (χ0n) is 18.5. The number of aromatic hydroxyl groups is 1. The second-order valence-electron chi connectivity index (χ2n) is 8.16. The van der Waals surface area contributed by atoms with Crippen molar-refractivity contribution in [2.24, 2.45) is 0 Å². The van der Waals surface area contributed by atoms with Crippen molar-refractivity contribution in [3.63, 3.8) is 0 Å². The number of nitrogens with zero attached hydrogens (tertiary/aromatic N) is 2. The summed E-state index contributed by atoms with van der Waals surface area (Å²) in [5.41, 5.74) is 5.36. The summed E-state index contributed by atoms with van der Waals surface area (Å²) in [6.07, 6.45) is 1.77. The highest BCUT2D eigenvalue weighted by molar-refractivity contribution is 6.00. The number of nitrogens with one attached hydrogen (secondary N) is 1. The van der Waals surface area contributed by atoms with E-state index in [-0.39, 0.29) is 17.7 Å². The topological polar surface area (TPSA) is 78.5 Å². The van der Waals surface area contributed by atoms with Crippen LogP contribution in [-0.4, -0.2) is 39.3 Å². The molecule has 0 spiro atoms. The summed E-state index contributed by atoms with van der Waals surface area (Å²) in [4.78, 5) is 15.1. The molecule has 2 aromatic carbocycles. The van der Waals surface area contributed by atoms with Crippen molar-refractivity contribution in [1.82, 2.24) is 15.1 Å². The SMILES string of the molecule is CCCOc1cccc(C2c3c(-c4cc(C)cc(C)c4O)n[nH]c3C(=O)N2CCC)c1. The smallest absolute Gasteiger partial charge is 0.273 e. The van der Waals surface area contributed by atoms with E-state index < -0.39 is 0 Å². The molecule has 0 radical (unpaired) electrons. The maximum atomic E-state index is 13.3. The molecule has 1 aromatic heterocycles. The Bertz CT molecular complexity index is 1120. The summed E-state index contributed by atoms with van der Waals surface area (Å²) in [7, 11) is 0. The predicted octanol–water partition coefficient (Wildman–Crippen LogP) is 5.14. The van der Waals surface area contributed by atoms with Crippen LogP contribution < -0.4 is 4.74 Å². The van der Waals surface area contributed by atoms with Gasteiger partial charge in [-0.2, -0.15) is 5.10 Å². The summed E-state index contributed by atoms with van der Waals surface area (Å²) in [6, 6.07) is 11.5. The molecule has 6 heteroatoms. The summed E-state index contributed by atoms with van der Waals surface area (Å²) in [6.45, 7) is 9.27. The van der Waals surface area contributed by atoms with Crippen LogP contribution in [0, 0.1) is 13.8 Å². The first kappa shape index (κ1) is 21.0. The number of aromatic nitrogens is 2. The van der Waals surface area contributed by atoms with E-state index >= 15 is 0 Å². The van der Waals surface area contributed by atoms with Crippen molar-refractivity contribution in [2.45, 2.75) is 46.6 Å². The highest BCUT2D eigenvalue weighted by Gasteiger charge is 2.42. The number of phenols is 1. The maximum absolute atomic E-state index is 13.3. The molecule has 4 rings (SSSR count). The van der Waals surface area contributed by atoms with Crippen molar-refractivity contribution in [2.75, 3.05) is 13.2 Å². The zero-order valence-corrected chi connectivity index (χ0v) is 18.5. The Balaban J connectivity index is 1.88. The number of amides is 1. The summed E-state index contributed by atoms with van der Waals surface area (Å²) in [5.74, 6) is 0.917. The number of carbonyl (C=O) groups is 1. The third-order valence-electron chi connectivity index (χ3n) is 5.67. The molecule has 0 aliphatic carbocycles. The van der Waals surface area contributed by atoms with Crippen LogP contribution in [0.3, 0.4) is 0 Å². The molecular formula is C25H29N3O3. The van der Waals surface area contributed by atoms with Crippen LogP contribution >= 0.6 is 0 Å². The number of phenolic OH excluding ortho intramolecular Hbond substituents is 1. The molecule has 0 saturated heterocycles. The normalized spacial score (nSPS) is 15.4. The van der Waals surface area contributed by atoms with Gasteiger partial charge in [-0.1, -0.05) is 32.0 Å². The first-order valence-corrected chi connectivity index (χ1v) is 10.9. The number of H-pyrrole nitrogens is 1. The fraction of sp³-hybridized carbons (Fsp3) is 0.360. The zero-order chi connectivity index (χ0) is 22.1. The minimum Gasteiger partial charge on any atom is -0.507 e. The Hall–Kier alpha value is -3.28. The molecule has 1 unspecified atom stereocenters. The van der Waals surface area contributed by atoms with Gasteiger partial charge in [0, 0.05) is 17.7 Å². The largest absolute Gasteiger partial charge is 0.507 e. The number of ether oxygens (including phenoxy) is 1. The first-order valence-electron chi connectivity index (χ1n) is 10.9. The fourth-order valence-electron chi connectivity index (χ4n) is 4.35. The second kappa shape index (κ2) is 8.46. The highest BCUT2D eigenvalue weighted by Crippen LogP contribution is 2.45. The monoisotopic (exact) mass is 419 g/mol. The van der Waals surface area contributed by atoms with E-state index in [1.165, 1.54) is 0 Å². The molecule has 6 nitrogen and oxygen atoms in total. The van der Waals surface area contributed by atoms with Gasteiger partial charge in [-0.15, -0.1) is 0 Å². The number of hydrogen-bond acceptors (Lipinski definition) is 4. The van der Waals surface area contributed by atoms with Crippen LogP contribution in [0.15, 0.2) is 36.4 Å². The van der Waals surface area contributed by atoms with E-state index in [0.29, 0.717) is 30.1 Å². The Morgan fingerprint density at radius 3 is 2.71 bits per heavy atom. The number of rotatable bonds is 7. The van der Waals surface area contributed by atoms with Gasteiger partial charge in [0.2, 0.25) is 0 Å². The molecule has 2 N–H and O–H groups in total. The van der Waals surface area contributed by atoms with Crippen LogP contribution in [0.4, 0.5) is 0 Å². The second-order valence-corrected chi connectivity index (χ2v) is 8.16. The minimum atomic E-state index is -0.290. The molecule has 3 aromatic rings. The average Bonchev–Trinajstić information content (AvgIpc) is 3.29. The van der Waals surface area contributed by atoms with Crippen LogP contribution in [0.2, 0.25) is 0 Å². The quantitative estimate of drug-likeness (QED) is 0.556. The summed E-state index contributed by atoms with van der Waals surface area (Å²) >= 11 is 0. The Morgan fingerprint density at radius 1 is 1.16 bits per heavy atom. The Kier molecular flexibility index (Phi) is 5.72. The van der Waals surface area contributed by atoms with E-state index in [1.807, 2.05) is 55.1 Å². The van der Waals surface area contributed by atoms with Gasteiger partial charge in [0.05, 0.1) is 12.6 Å². The average molecular weight is 420 g/mol. The first-order chi connectivity index (χ1) is 15.0. The third kappa shape index (κ3) is 3.67. The van der Waals surface area contributed by atoms with Crippen LogP contribution in [0.1, 0.15) is 65.5 Å². The van der Waals surface area contributed by atoms with Gasteiger partial charge >= 0.3 is 0 Å². The highest BCUT2D eigenvalue weighted by atomic mass is 16.5. The van der Waals surface area contributed by atoms with E-state index in [9.17, 15) is 9.90 Å². The van der Waals surface area contributed by atoms with Crippen molar-refractivity contribution >= 4 is 5.91 Å². The molecule has 0 bridgehead atoms. The van der Waals surface area contributed by atoms with E-state index in [4.69, 9.17) is 4.74 Å². The standard InChI is InChI=1S/C25H29N3O3/c1-5-10-28-23(17-8-7-9-18(14-17)31-11-6-2)20-21(26-27-22(20)25(28)30)19-13-15(3)12-16(4)24(19)29/h7-9,12-14,23,29H,5-6,10-11H2,1-4H3,(H,26,27). The minimum absolute atomic E-state index is 0.0654. The van der Waals surface area contributed by atoms with Crippen molar-refractivity contribution in [3.05, 3.63) is 64.3 Å². The van der Waals surface area contributed by atoms with Gasteiger partial charge in [-0.25, -0.2) is 0 Å². The Morgan fingerprint density at radius 2 is 1.97 bits per heavy atom. The van der Waals surface area contributed by atoms with E-state index in [2.05, 4.69) is 24.0 Å². The molecule has 2 heterocycles. The predicted molar refractivity (Wildman–Crippen MR) is 121 cm³/mol. The van der Waals surface area contributed by atoms with Crippen molar-refractivity contribution < 1.29 is 14.6 Å². The van der Waals surface area contributed by atoms with Crippen LogP contribution in [0.25, 0.3) is 11.3 Å². The summed E-state index contributed by atoms with van der Waals surface area (Å²) in [5, 5.41) is 18.2. The van der Waals surface area contributed by atoms with Gasteiger partial charge < -0.3 is 14.7 Å². The number of benzene rings is 2. The number of fused-ring (bicyclic) bond motifs is 1. The number of aryl methyl sites for hydroxylation is 2. The lowest BCUT2D eigenvalue weighted by Crippen LogP contribution is -2.30. The lowest BCUT2D eigenvalue weighted by Gasteiger charge is -2.26. The molecule has 1 atom stereocenters. The molecule has 31 heavy (non-hydrogen) atoms.